The molecule has 1 saturated heterocycles. The highest BCUT2D eigenvalue weighted by atomic mass is 19.3. The summed E-state index contributed by atoms with van der Waals surface area (Å²) >= 11 is 0. The molecule has 11 heteroatoms. The van der Waals surface area contributed by atoms with Gasteiger partial charge in [-0.2, -0.15) is 5.10 Å². The molecule has 186 valence electrons. The number of hydrogen-bond donors (Lipinski definition) is 2. The third kappa shape index (κ3) is 5.74. The van der Waals surface area contributed by atoms with E-state index < -0.39 is 23.7 Å². The fourth-order valence-corrected chi connectivity index (χ4v) is 4.55. The maximum absolute atomic E-state index is 13.8. The molecule has 2 aromatic rings. The minimum Gasteiger partial charge on any atom is -0.444 e. The number of amides is 3. The SMILES string of the molecule is C[C@H]1CN(Cc2cnn3cc([C@@H](NC(=O)OC(C)(C)C)C4CCC(F)(F)CC4)nc3c2)C(=O)N1. The molecule has 0 spiro atoms. The number of fused-ring (bicyclic) bond motifs is 1. The number of hydrogen-bond acceptors (Lipinski definition) is 5. The molecular formula is C23H32F2N6O3. The summed E-state index contributed by atoms with van der Waals surface area (Å²) in [4.78, 5) is 31.0. The Hall–Kier alpha value is -2.98. The minimum atomic E-state index is -2.68. The molecule has 1 aliphatic heterocycles. The summed E-state index contributed by atoms with van der Waals surface area (Å²) in [5.41, 5.74) is 1.22. The number of alkyl halides is 2. The average molecular weight is 479 g/mol. The average Bonchev–Trinajstić information content (AvgIpc) is 3.27. The number of urea groups is 1. The predicted molar refractivity (Wildman–Crippen MR) is 120 cm³/mol. The molecule has 3 amide bonds. The smallest absolute Gasteiger partial charge is 0.408 e. The lowest BCUT2D eigenvalue weighted by molar-refractivity contribution is -0.0500. The first kappa shape index (κ1) is 24.2. The summed E-state index contributed by atoms with van der Waals surface area (Å²) in [6, 6.07) is 1.23. The Bertz CT molecular complexity index is 1060. The zero-order chi connectivity index (χ0) is 24.7. The number of aromatic nitrogens is 3. The molecule has 3 heterocycles. The third-order valence-electron chi connectivity index (χ3n) is 6.14. The third-order valence-corrected chi connectivity index (χ3v) is 6.14. The Labute approximate surface area is 197 Å². The molecule has 34 heavy (non-hydrogen) atoms. The van der Waals surface area contributed by atoms with Crippen molar-refractivity contribution in [3.05, 3.63) is 29.7 Å². The van der Waals surface area contributed by atoms with E-state index in [4.69, 9.17) is 4.74 Å². The molecule has 2 aliphatic rings. The zero-order valence-electron chi connectivity index (χ0n) is 20.0. The number of rotatable bonds is 5. The second kappa shape index (κ2) is 8.99. The molecule has 2 fully saturated rings. The van der Waals surface area contributed by atoms with Crippen molar-refractivity contribution in [1.82, 2.24) is 30.1 Å². The van der Waals surface area contributed by atoms with Gasteiger partial charge in [0, 0.05) is 32.0 Å². The fourth-order valence-electron chi connectivity index (χ4n) is 4.55. The molecule has 1 saturated carbocycles. The van der Waals surface area contributed by atoms with E-state index >= 15 is 0 Å². The summed E-state index contributed by atoms with van der Waals surface area (Å²) in [6.07, 6.45) is 2.84. The lowest BCUT2D eigenvalue weighted by Gasteiger charge is -2.33. The van der Waals surface area contributed by atoms with Crippen molar-refractivity contribution in [2.75, 3.05) is 6.54 Å². The van der Waals surface area contributed by atoms with Crippen molar-refractivity contribution in [3.63, 3.8) is 0 Å². The highest BCUT2D eigenvalue weighted by Gasteiger charge is 2.39. The molecular weight excluding hydrogens is 446 g/mol. The monoisotopic (exact) mass is 478 g/mol. The number of nitrogens with zero attached hydrogens (tertiary/aromatic N) is 4. The number of alkyl carbamates (subject to hydrolysis) is 1. The van der Waals surface area contributed by atoms with E-state index in [9.17, 15) is 18.4 Å². The van der Waals surface area contributed by atoms with Crippen LogP contribution in [0.5, 0.6) is 0 Å². The van der Waals surface area contributed by atoms with E-state index in [1.54, 1.807) is 42.6 Å². The molecule has 0 radical (unpaired) electrons. The van der Waals surface area contributed by atoms with Crippen LogP contribution >= 0.6 is 0 Å². The quantitative estimate of drug-likeness (QED) is 0.676. The maximum atomic E-state index is 13.8. The standard InChI is InChI=1S/C23H32F2N6O3/c1-14-11-30(20(32)27-14)12-15-9-18-28-17(13-31(18)26-10-15)19(29-21(33)34-22(2,3)4)16-5-7-23(24,25)8-6-16/h9-10,13-14,16,19H,5-8,11-12H2,1-4H3,(H,27,32)(H,29,33)/t14-,19-/m0/s1. The van der Waals surface area contributed by atoms with Gasteiger partial charge in [0.2, 0.25) is 5.92 Å². The van der Waals surface area contributed by atoms with Gasteiger partial charge in [-0.1, -0.05) is 0 Å². The molecule has 2 N–H and O–H groups in total. The lowest BCUT2D eigenvalue weighted by atomic mass is 9.81. The molecule has 0 bridgehead atoms. The van der Waals surface area contributed by atoms with Crippen LogP contribution in [0.1, 0.15) is 70.7 Å². The van der Waals surface area contributed by atoms with Crippen LogP contribution in [0.2, 0.25) is 0 Å². The van der Waals surface area contributed by atoms with Crippen molar-refractivity contribution in [2.24, 2.45) is 5.92 Å². The number of nitrogens with one attached hydrogen (secondary N) is 2. The van der Waals surface area contributed by atoms with Gasteiger partial charge in [-0.25, -0.2) is 27.9 Å². The molecule has 2 atom stereocenters. The van der Waals surface area contributed by atoms with E-state index in [2.05, 4.69) is 20.7 Å². The van der Waals surface area contributed by atoms with Gasteiger partial charge >= 0.3 is 12.1 Å². The Kier molecular flexibility index (Phi) is 6.39. The van der Waals surface area contributed by atoms with Crippen LogP contribution < -0.4 is 10.6 Å². The Balaban J connectivity index is 1.57. The molecule has 1 aliphatic carbocycles. The summed E-state index contributed by atoms with van der Waals surface area (Å²) in [5.74, 6) is -2.88. The van der Waals surface area contributed by atoms with Crippen molar-refractivity contribution >= 4 is 17.8 Å². The zero-order valence-corrected chi connectivity index (χ0v) is 20.0. The molecule has 0 aromatic carbocycles. The van der Waals surface area contributed by atoms with Gasteiger partial charge in [-0.05, 0) is 58.1 Å². The largest absolute Gasteiger partial charge is 0.444 e. The van der Waals surface area contributed by atoms with Crippen molar-refractivity contribution in [1.29, 1.82) is 0 Å². The molecule has 0 unspecified atom stereocenters. The number of carbonyl (C=O) groups excluding carboxylic acids is 2. The first-order valence-electron chi connectivity index (χ1n) is 11.7. The number of imidazole rings is 1. The number of ether oxygens (including phenoxy) is 1. The van der Waals surface area contributed by atoms with Gasteiger partial charge < -0.3 is 20.3 Å². The van der Waals surface area contributed by atoms with Crippen LogP contribution in [-0.4, -0.2) is 55.7 Å². The second-order valence-electron chi connectivity index (χ2n) is 10.4. The Morgan fingerprint density at radius 1 is 1.35 bits per heavy atom. The van der Waals surface area contributed by atoms with E-state index in [-0.39, 0.29) is 43.7 Å². The lowest BCUT2D eigenvalue weighted by Crippen LogP contribution is -2.40. The van der Waals surface area contributed by atoms with Crippen molar-refractivity contribution in [3.8, 4) is 0 Å². The molecule has 2 aromatic heterocycles. The minimum absolute atomic E-state index is 0.0878. The molecule has 4 rings (SSSR count). The second-order valence-corrected chi connectivity index (χ2v) is 10.4. The van der Waals surface area contributed by atoms with E-state index in [1.807, 2.05) is 13.0 Å². The van der Waals surface area contributed by atoms with Crippen molar-refractivity contribution < 1.29 is 23.1 Å². The number of carbonyl (C=O) groups is 2. The van der Waals surface area contributed by atoms with Crippen LogP contribution in [0, 0.1) is 5.92 Å². The summed E-state index contributed by atoms with van der Waals surface area (Å²) in [5, 5.41) is 10.1. The fraction of sp³-hybridized carbons (Fsp3) is 0.652. The normalized spacial score (nSPS) is 22.0. The van der Waals surface area contributed by atoms with Gasteiger partial charge in [0.05, 0.1) is 24.1 Å². The van der Waals surface area contributed by atoms with E-state index in [0.29, 0.717) is 24.4 Å². The van der Waals surface area contributed by atoms with Crippen LogP contribution in [0.4, 0.5) is 18.4 Å². The van der Waals surface area contributed by atoms with Gasteiger partial charge in [0.15, 0.2) is 5.65 Å². The van der Waals surface area contributed by atoms with Gasteiger partial charge in [-0.3, -0.25) is 0 Å². The highest BCUT2D eigenvalue weighted by molar-refractivity contribution is 5.76. The Morgan fingerprint density at radius 3 is 2.68 bits per heavy atom. The van der Waals surface area contributed by atoms with Crippen LogP contribution in [0.3, 0.4) is 0 Å². The first-order chi connectivity index (χ1) is 15.9. The highest BCUT2D eigenvalue weighted by Crippen LogP contribution is 2.41. The van der Waals surface area contributed by atoms with E-state index in [1.165, 1.54) is 0 Å². The first-order valence-corrected chi connectivity index (χ1v) is 11.7. The van der Waals surface area contributed by atoms with Crippen LogP contribution in [0.25, 0.3) is 5.65 Å². The predicted octanol–water partition coefficient (Wildman–Crippen LogP) is 4.03. The summed E-state index contributed by atoms with van der Waals surface area (Å²) in [7, 11) is 0. The van der Waals surface area contributed by atoms with Crippen molar-refractivity contribution in [2.45, 2.75) is 83.5 Å². The molecule has 9 nitrogen and oxygen atoms in total. The van der Waals surface area contributed by atoms with E-state index in [0.717, 1.165) is 5.56 Å². The van der Waals surface area contributed by atoms with Crippen LogP contribution in [-0.2, 0) is 11.3 Å². The maximum Gasteiger partial charge on any atom is 0.408 e. The summed E-state index contributed by atoms with van der Waals surface area (Å²) in [6.45, 7) is 8.25. The van der Waals surface area contributed by atoms with Crippen LogP contribution in [0.15, 0.2) is 18.5 Å². The summed E-state index contributed by atoms with van der Waals surface area (Å²) < 4.78 is 34.6. The van der Waals surface area contributed by atoms with Gasteiger partial charge in [0.1, 0.15) is 5.60 Å². The number of halogens is 2. The van der Waals surface area contributed by atoms with Gasteiger partial charge in [-0.15, -0.1) is 0 Å². The van der Waals surface area contributed by atoms with Gasteiger partial charge in [0.25, 0.3) is 0 Å². The Morgan fingerprint density at radius 2 is 2.06 bits per heavy atom. The topological polar surface area (TPSA) is 101 Å².